The molecule has 0 saturated carbocycles. The van der Waals surface area contributed by atoms with Crippen LogP contribution in [0.5, 0.6) is 0 Å². The van der Waals surface area contributed by atoms with Crippen molar-refractivity contribution in [2.75, 3.05) is 36.8 Å². The Balaban J connectivity index is 1.44. The highest BCUT2D eigenvalue weighted by molar-refractivity contribution is 6.32. The van der Waals surface area contributed by atoms with E-state index in [-0.39, 0.29) is 0 Å². The van der Waals surface area contributed by atoms with E-state index in [1.165, 1.54) is 0 Å². The molecule has 4 rings (SSSR count). The van der Waals surface area contributed by atoms with Crippen LogP contribution in [0.4, 0.5) is 11.6 Å². The Kier molecular flexibility index (Phi) is 4.38. The predicted octanol–water partition coefficient (Wildman–Crippen LogP) is 2.58. The fourth-order valence-electron chi connectivity index (χ4n) is 3.15. The van der Waals surface area contributed by atoms with Gasteiger partial charge in [-0.25, -0.2) is 15.0 Å². The normalized spacial score (nSPS) is 15.6. The highest BCUT2D eigenvalue weighted by Crippen LogP contribution is 2.24. The average Bonchev–Trinajstić information content (AvgIpc) is 2.63. The third-order valence-electron chi connectivity index (χ3n) is 4.45. The summed E-state index contributed by atoms with van der Waals surface area (Å²) < 4.78 is 0. The zero-order valence-electron chi connectivity index (χ0n) is 13.8. The summed E-state index contributed by atoms with van der Waals surface area (Å²) in [5, 5.41) is 1.60. The van der Waals surface area contributed by atoms with Crippen LogP contribution >= 0.6 is 11.6 Å². The maximum absolute atomic E-state index is 6.24. The molecule has 0 aliphatic carbocycles. The third kappa shape index (κ3) is 3.36. The SMILES string of the molecule is Nc1nc(CN2CCN(c3ncccc3Cl)CC2)nc2ccccc12. The topological polar surface area (TPSA) is 71.2 Å². The van der Waals surface area contributed by atoms with Gasteiger partial charge in [0.15, 0.2) is 0 Å². The molecule has 0 spiro atoms. The van der Waals surface area contributed by atoms with Crippen molar-refractivity contribution in [2.45, 2.75) is 6.54 Å². The smallest absolute Gasteiger partial charge is 0.147 e. The number of piperazine rings is 1. The highest BCUT2D eigenvalue weighted by Gasteiger charge is 2.20. The van der Waals surface area contributed by atoms with Crippen molar-refractivity contribution in [1.29, 1.82) is 0 Å². The molecular weight excluding hydrogens is 336 g/mol. The lowest BCUT2D eigenvalue weighted by Crippen LogP contribution is -2.46. The molecule has 1 aliphatic heterocycles. The lowest BCUT2D eigenvalue weighted by molar-refractivity contribution is 0.244. The molecule has 0 atom stereocenters. The molecule has 0 radical (unpaired) electrons. The number of nitrogens with zero attached hydrogens (tertiary/aromatic N) is 5. The first-order valence-electron chi connectivity index (χ1n) is 8.29. The minimum atomic E-state index is 0.541. The van der Waals surface area contributed by atoms with Crippen molar-refractivity contribution in [3.63, 3.8) is 0 Å². The largest absolute Gasteiger partial charge is 0.383 e. The van der Waals surface area contributed by atoms with Gasteiger partial charge < -0.3 is 10.6 Å². The maximum atomic E-state index is 6.24. The van der Waals surface area contributed by atoms with Crippen LogP contribution in [-0.2, 0) is 6.54 Å². The van der Waals surface area contributed by atoms with Gasteiger partial charge in [0.2, 0.25) is 0 Å². The minimum absolute atomic E-state index is 0.541. The monoisotopic (exact) mass is 354 g/mol. The van der Waals surface area contributed by atoms with E-state index in [0.717, 1.165) is 48.7 Å². The third-order valence-corrected chi connectivity index (χ3v) is 4.75. The molecule has 0 unspecified atom stereocenters. The maximum Gasteiger partial charge on any atom is 0.147 e. The molecule has 2 aromatic heterocycles. The molecule has 1 aliphatic rings. The molecule has 1 fully saturated rings. The van der Waals surface area contributed by atoms with Crippen LogP contribution in [-0.4, -0.2) is 46.0 Å². The Labute approximate surface area is 151 Å². The first-order chi connectivity index (χ1) is 12.2. The molecule has 3 aromatic rings. The minimum Gasteiger partial charge on any atom is -0.383 e. The predicted molar refractivity (Wildman–Crippen MR) is 101 cm³/mol. The van der Waals surface area contributed by atoms with Gasteiger partial charge >= 0.3 is 0 Å². The number of anilines is 2. The summed E-state index contributed by atoms with van der Waals surface area (Å²) in [6.45, 7) is 4.25. The van der Waals surface area contributed by atoms with E-state index < -0.39 is 0 Å². The number of rotatable bonds is 3. The zero-order chi connectivity index (χ0) is 17.2. The summed E-state index contributed by atoms with van der Waals surface area (Å²) in [6, 6.07) is 11.6. The number of benzene rings is 1. The van der Waals surface area contributed by atoms with Gasteiger partial charge in [-0.2, -0.15) is 0 Å². The van der Waals surface area contributed by atoms with Crippen molar-refractivity contribution in [3.8, 4) is 0 Å². The number of nitrogens with two attached hydrogens (primary N) is 1. The summed E-state index contributed by atoms with van der Waals surface area (Å²) in [6.07, 6.45) is 1.78. The molecule has 25 heavy (non-hydrogen) atoms. The average molecular weight is 355 g/mol. The summed E-state index contributed by atoms with van der Waals surface area (Å²) in [5.74, 6) is 2.16. The van der Waals surface area contributed by atoms with Crippen LogP contribution in [0.25, 0.3) is 10.9 Å². The van der Waals surface area contributed by atoms with Crippen molar-refractivity contribution in [3.05, 3.63) is 53.4 Å². The Bertz CT molecular complexity index is 892. The van der Waals surface area contributed by atoms with E-state index in [2.05, 4.69) is 24.8 Å². The summed E-state index contributed by atoms with van der Waals surface area (Å²) >= 11 is 6.24. The van der Waals surface area contributed by atoms with Gasteiger partial charge in [-0.15, -0.1) is 0 Å². The number of halogens is 1. The lowest BCUT2D eigenvalue weighted by Gasteiger charge is -2.35. The summed E-state index contributed by atoms with van der Waals surface area (Å²) in [7, 11) is 0. The number of para-hydroxylation sites is 1. The molecule has 3 heterocycles. The van der Waals surface area contributed by atoms with E-state index in [1.807, 2.05) is 36.4 Å². The molecular formula is C18H19ClN6. The number of pyridine rings is 1. The molecule has 6 nitrogen and oxygen atoms in total. The fraction of sp³-hybridized carbons (Fsp3) is 0.278. The Morgan fingerprint density at radius 3 is 2.60 bits per heavy atom. The van der Waals surface area contributed by atoms with Crippen LogP contribution < -0.4 is 10.6 Å². The van der Waals surface area contributed by atoms with Crippen LogP contribution in [0.15, 0.2) is 42.6 Å². The second kappa shape index (κ2) is 6.82. The quantitative estimate of drug-likeness (QED) is 0.779. The van der Waals surface area contributed by atoms with E-state index in [0.29, 0.717) is 17.4 Å². The van der Waals surface area contributed by atoms with Crippen LogP contribution in [0, 0.1) is 0 Å². The number of aromatic nitrogens is 3. The second-order valence-corrected chi connectivity index (χ2v) is 6.52. The van der Waals surface area contributed by atoms with Crippen LogP contribution in [0.1, 0.15) is 5.82 Å². The summed E-state index contributed by atoms with van der Waals surface area (Å²) in [5.41, 5.74) is 6.97. The van der Waals surface area contributed by atoms with E-state index in [4.69, 9.17) is 17.3 Å². The van der Waals surface area contributed by atoms with Crippen LogP contribution in [0.3, 0.4) is 0 Å². The fourth-order valence-corrected chi connectivity index (χ4v) is 3.39. The standard InChI is InChI=1S/C18H19ClN6/c19-14-5-3-7-21-18(14)25-10-8-24(9-11-25)12-16-22-15-6-2-1-4-13(15)17(20)23-16/h1-7H,8-12H2,(H2,20,22,23). The van der Waals surface area contributed by atoms with Crippen molar-refractivity contribution in [2.24, 2.45) is 0 Å². The molecule has 0 bridgehead atoms. The molecule has 1 saturated heterocycles. The molecule has 128 valence electrons. The Hall–Kier alpha value is -2.44. The van der Waals surface area contributed by atoms with Crippen molar-refractivity contribution in [1.82, 2.24) is 19.9 Å². The van der Waals surface area contributed by atoms with E-state index in [9.17, 15) is 0 Å². The molecule has 0 amide bonds. The number of hydrogen-bond donors (Lipinski definition) is 1. The van der Waals surface area contributed by atoms with Crippen molar-refractivity contribution < 1.29 is 0 Å². The second-order valence-electron chi connectivity index (χ2n) is 6.11. The van der Waals surface area contributed by atoms with Gasteiger partial charge in [-0.3, -0.25) is 4.90 Å². The zero-order valence-corrected chi connectivity index (χ0v) is 14.5. The summed E-state index contributed by atoms with van der Waals surface area (Å²) in [4.78, 5) is 18.0. The van der Waals surface area contributed by atoms with Crippen molar-refractivity contribution >= 4 is 34.1 Å². The van der Waals surface area contributed by atoms with Gasteiger partial charge in [-0.05, 0) is 24.3 Å². The lowest BCUT2D eigenvalue weighted by atomic mass is 10.2. The first kappa shape index (κ1) is 16.1. The van der Waals surface area contributed by atoms with Gasteiger partial charge in [0.05, 0.1) is 17.1 Å². The molecule has 7 heteroatoms. The van der Waals surface area contributed by atoms with E-state index >= 15 is 0 Å². The highest BCUT2D eigenvalue weighted by atomic mass is 35.5. The van der Waals surface area contributed by atoms with Gasteiger partial charge in [0, 0.05) is 37.8 Å². The molecule has 2 N–H and O–H groups in total. The molecule has 1 aromatic carbocycles. The van der Waals surface area contributed by atoms with E-state index in [1.54, 1.807) is 6.20 Å². The van der Waals surface area contributed by atoms with Crippen LogP contribution in [0.2, 0.25) is 5.02 Å². The Morgan fingerprint density at radius 1 is 1.00 bits per heavy atom. The number of nitrogen functional groups attached to an aromatic ring is 1. The van der Waals surface area contributed by atoms with Gasteiger partial charge in [-0.1, -0.05) is 23.7 Å². The Morgan fingerprint density at radius 2 is 1.80 bits per heavy atom. The van der Waals surface area contributed by atoms with Gasteiger partial charge in [0.25, 0.3) is 0 Å². The first-order valence-corrected chi connectivity index (χ1v) is 8.67. The van der Waals surface area contributed by atoms with Gasteiger partial charge in [0.1, 0.15) is 17.5 Å². The number of fused-ring (bicyclic) bond motifs is 1. The number of hydrogen-bond acceptors (Lipinski definition) is 6.